The molecule has 2 rings (SSSR count). The van der Waals surface area contributed by atoms with Crippen LogP contribution in [0.2, 0.25) is 0 Å². The van der Waals surface area contributed by atoms with E-state index in [1.54, 1.807) is 11.3 Å². The van der Waals surface area contributed by atoms with E-state index in [1.807, 2.05) is 19.1 Å². The van der Waals surface area contributed by atoms with Crippen LogP contribution in [0, 0.1) is 0 Å². The van der Waals surface area contributed by atoms with Gasteiger partial charge in [-0.25, -0.2) is 4.98 Å². The summed E-state index contributed by atoms with van der Waals surface area (Å²) in [6, 6.07) is 8.42. The van der Waals surface area contributed by atoms with Gasteiger partial charge in [-0.3, -0.25) is 0 Å². The molecule has 16 heavy (non-hydrogen) atoms. The first-order chi connectivity index (χ1) is 7.75. The number of aryl methyl sites for hydroxylation is 1. The van der Waals surface area contributed by atoms with Crippen LogP contribution in [0.25, 0.3) is 10.2 Å². The first kappa shape index (κ1) is 11.3. The van der Waals surface area contributed by atoms with E-state index >= 15 is 0 Å². The van der Waals surface area contributed by atoms with Crippen LogP contribution in [-0.4, -0.2) is 11.0 Å². The van der Waals surface area contributed by atoms with E-state index in [9.17, 15) is 0 Å². The molecule has 2 aromatic rings. The molecule has 0 fully saturated rings. The minimum atomic E-state index is 0.148. The number of aromatic nitrogens is 1. The molecule has 2 N–H and O–H groups in total. The molecule has 0 spiro atoms. The number of fused-ring (bicyclic) bond motifs is 1. The van der Waals surface area contributed by atoms with E-state index in [0.717, 1.165) is 18.4 Å². The molecule has 0 aliphatic carbocycles. The molecule has 1 aromatic carbocycles. The molecule has 1 aromatic heterocycles. The first-order valence-corrected chi connectivity index (χ1v) is 6.34. The van der Waals surface area contributed by atoms with E-state index in [2.05, 4.69) is 29.3 Å². The SMILES string of the molecule is CC(N)/C=C/CCc1nc2ccccc2s1. The average molecular weight is 232 g/mol. The molecular formula is C13H16N2S. The van der Waals surface area contributed by atoms with Gasteiger partial charge in [0.1, 0.15) is 0 Å². The standard InChI is InChI=1S/C13H16N2S/c1-10(14)6-2-5-9-13-15-11-7-3-4-8-12(11)16-13/h2-4,6-8,10H,5,9,14H2,1H3/b6-2+. The van der Waals surface area contributed by atoms with Crippen molar-refractivity contribution in [1.29, 1.82) is 0 Å². The van der Waals surface area contributed by atoms with Gasteiger partial charge in [0.05, 0.1) is 15.2 Å². The number of allylic oxidation sites excluding steroid dienone is 1. The molecule has 2 nitrogen and oxygen atoms in total. The van der Waals surface area contributed by atoms with Crippen molar-refractivity contribution in [2.75, 3.05) is 0 Å². The van der Waals surface area contributed by atoms with Crippen molar-refractivity contribution in [3.8, 4) is 0 Å². The van der Waals surface area contributed by atoms with Crippen molar-refractivity contribution in [2.45, 2.75) is 25.8 Å². The second-order valence-electron chi connectivity index (χ2n) is 3.90. The van der Waals surface area contributed by atoms with Crippen LogP contribution in [0.4, 0.5) is 0 Å². The Kier molecular flexibility index (Phi) is 3.70. The Morgan fingerprint density at radius 3 is 3.00 bits per heavy atom. The van der Waals surface area contributed by atoms with Gasteiger partial charge in [0.15, 0.2) is 0 Å². The summed E-state index contributed by atoms with van der Waals surface area (Å²) in [6.45, 7) is 1.98. The van der Waals surface area contributed by atoms with Gasteiger partial charge in [0.2, 0.25) is 0 Å². The minimum absolute atomic E-state index is 0.148. The average Bonchev–Trinajstić information content (AvgIpc) is 2.66. The van der Waals surface area contributed by atoms with Gasteiger partial charge in [0, 0.05) is 12.5 Å². The molecule has 0 aliphatic heterocycles. The zero-order valence-electron chi connectivity index (χ0n) is 9.39. The van der Waals surface area contributed by atoms with Crippen LogP contribution in [0.3, 0.4) is 0 Å². The second kappa shape index (κ2) is 5.23. The zero-order chi connectivity index (χ0) is 11.4. The number of nitrogens with zero attached hydrogens (tertiary/aromatic N) is 1. The van der Waals surface area contributed by atoms with Crippen LogP contribution in [0.15, 0.2) is 36.4 Å². The largest absolute Gasteiger partial charge is 0.325 e. The lowest BCUT2D eigenvalue weighted by Crippen LogP contribution is -2.10. The molecule has 84 valence electrons. The van der Waals surface area contributed by atoms with E-state index in [0.29, 0.717) is 0 Å². The third-order valence-corrected chi connectivity index (χ3v) is 3.40. The number of nitrogens with two attached hydrogens (primary N) is 1. The molecule has 1 heterocycles. The Bertz CT molecular complexity index is 452. The summed E-state index contributed by atoms with van der Waals surface area (Å²) in [6.07, 6.45) is 6.19. The number of hydrogen-bond donors (Lipinski definition) is 1. The second-order valence-corrected chi connectivity index (χ2v) is 5.02. The maximum Gasteiger partial charge on any atom is 0.0941 e. The monoisotopic (exact) mass is 232 g/mol. The topological polar surface area (TPSA) is 38.9 Å². The van der Waals surface area contributed by atoms with Gasteiger partial charge in [-0.1, -0.05) is 24.3 Å². The van der Waals surface area contributed by atoms with Crippen molar-refractivity contribution < 1.29 is 0 Å². The van der Waals surface area contributed by atoms with Crippen LogP contribution in [0.5, 0.6) is 0 Å². The third-order valence-electron chi connectivity index (χ3n) is 2.30. The Morgan fingerprint density at radius 2 is 2.25 bits per heavy atom. The van der Waals surface area contributed by atoms with Crippen molar-refractivity contribution in [2.24, 2.45) is 5.73 Å². The fourth-order valence-electron chi connectivity index (χ4n) is 1.54. The summed E-state index contributed by atoms with van der Waals surface area (Å²) in [4.78, 5) is 4.58. The highest BCUT2D eigenvalue weighted by Gasteiger charge is 2.01. The van der Waals surface area contributed by atoms with Gasteiger partial charge < -0.3 is 5.73 Å². The highest BCUT2D eigenvalue weighted by molar-refractivity contribution is 7.18. The molecule has 0 bridgehead atoms. The Morgan fingerprint density at radius 1 is 1.44 bits per heavy atom. The molecule has 3 heteroatoms. The lowest BCUT2D eigenvalue weighted by Gasteiger charge is -1.93. The molecule has 0 aliphatic rings. The highest BCUT2D eigenvalue weighted by Crippen LogP contribution is 2.22. The maximum atomic E-state index is 5.63. The van der Waals surface area contributed by atoms with Gasteiger partial charge in [-0.2, -0.15) is 0 Å². The van der Waals surface area contributed by atoms with Gasteiger partial charge in [-0.15, -0.1) is 11.3 Å². The number of rotatable bonds is 4. The number of para-hydroxylation sites is 1. The summed E-state index contributed by atoms with van der Waals surface area (Å²) >= 11 is 1.78. The third kappa shape index (κ3) is 2.90. The van der Waals surface area contributed by atoms with Gasteiger partial charge in [0.25, 0.3) is 0 Å². The molecule has 1 unspecified atom stereocenters. The summed E-state index contributed by atoms with van der Waals surface area (Å²) in [5, 5.41) is 1.20. The van der Waals surface area contributed by atoms with Crippen molar-refractivity contribution >= 4 is 21.6 Å². The van der Waals surface area contributed by atoms with Gasteiger partial charge >= 0.3 is 0 Å². The fourth-order valence-corrected chi connectivity index (χ4v) is 2.53. The lowest BCUT2D eigenvalue weighted by molar-refractivity contribution is 0.904. The summed E-state index contributed by atoms with van der Waals surface area (Å²) in [5.41, 5.74) is 6.74. The van der Waals surface area contributed by atoms with Crippen LogP contribution >= 0.6 is 11.3 Å². The Hall–Kier alpha value is -1.19. The lowest BCUT2D eigenvalue weighted by atomic mass is 10.2. The van der Waals surface area contributed by atoms with E-state index in [1.165, 1.54) is 9.71 Å². The van der Waals surface area contributed by atoms with Crippen LogP contribution < -0.4 is 5.73 Å². The van der Waals surface area contributed by atoms with Gasteiger partial charge in [-0.05, 0) is 25.5 Å². The Balaban J connectivity index is 1.99. The maximum absolute atomic E-state index is 5.63. The van der Waals surface area contributed by atoms with E-state index in [4.69, 9.17) is 5.73 Å². The first-order valence-electron chi connectivity index (χ1n) is 5.52. The summed E-state index contributed by atoms with van der Waals surface area (Å²) < 4.78 is 1.27. The summed E-state index contributed by atoms with van der Waals surface area (Å²) in [7, 11) is 0. The van der Waals surface area contributed by atoms with Crippen LogP contribution in [-0.2, 0) is 6.42 Å². The minimum Gasteiger partial charge on any atom is -0.325 e. The fraction of sp³-hybridized carbons (Fsp3) is 0.308. The number of hydrogen-bond acceptors (Lipinski definition) is 3. The van der Waals surface area contributed by atoms with E-state index < -0.39 is 0 Å². The smallest absolute Gasteiger partial charge is 0.0941 e. The molecular weight excluding hydrogens is 216 g/mol. The Labute approximate surface area is 99.8 Å². The molecule has 1 atom stereocenters. The zero-order valence-corrected chi connectivity index (χ0v) is 10.2. The predicted molar refractivity (Wildman–Crippen MR) is 70.7 cm³/mol. The number of benzene rings is 1. The highest BCUT2D eigenvalue weighted by atomic mass is 32.1. The molecule has 0 saturated carbocycles. The quantitative estimate of drug-likeness (QED) is 0.822. The van der Waals surface area contributed by atoms with Crippen molar-refractivity contribution in [3.05, 3.63) is 41.4 Å². The van der Waals surface area contributed by atoms with Crippen molar-refractivity contribution in [3.63, 3.8) is 0 Å². The molecule has 0 saturated heterocycles. The van der Waals surface area contributed by atoms with Crippen LogP contribution in [0.1, 0.15) is 18.4 Å². The predicted octanol–water partition coefficient (Wildman–Crippen LogP) is 3.13. The normalized spacial score (nSPS) is 13.6. The summed E-state index contributed by atoms with van der Waals surface area (Å²) in [5.74, 6) is 0. The van der Waals surface area contributed by atoms with E-state index in [-0.39, 0.29) is 6.04 Å². The van der Waals surface area contributed by atoms with Crippen molar-refractivity contribution in [1.82, 2.24) is 4.98 Å². The molecule has 0 amide bonds. The molecule has 0 radical (unpaired) electrons. The number of thiazole rings is 1.